The lowest BCUT2D eigenvalue weighted by molar-refractivity contribution is 0.179. The van der Waals surface area contributed by atoms with Gasteiger partial charge in [0.05, 0.1) is 12.3 Å². The molecule has 6 nitrogen and oxygen atoms in total. The number of aliphatic imine (C=N–C) groups is 1. The fourth-order valence-electron chi connectivity index (χ4n) is 2.13. The van der Waals surface area contributed by atoms with E-state index in [1.807, 2.05) is 36.0 Å². The second-order valence-corrected chi connectivity index (χ2v) is 5.13. The summed E-state index contributed by atoms with van der Waals surface area (Å²) in [5.74, 6) is 0.456. The van der Waals surface area contributed by atoms with Crippen LogP contribution in [-0.2, 0) is 11.2 Å². The number of ether oxygens (including phenoxy) is 1. The number of aromatic nitrogens is 2. The molecule has 0 saturated heterocycles. The van der Waals surface area contributed by atoms with Crippen LogP contribution in [0.5, 0.6) is 0 Å². The molecule has 1 aromatic carbocycles. The highest BCUT2D eigenvalue weighted by atomic mass is 127. The van der Waals surface area contributed by atoms with Gasteiger partial charge >= 0.3 is 0 Å². The minimum Gasteiger partial charge on any atom is -0.383 e. The summed E-state index contributed by atoms with van der Waals surface area (Å²) in [6, 6.07) is 10.3. The fourth-order valence-corrected chi connectivity index (χ4v) is 2.13. The van der Waals surface area contributed by atoms with E-state index in [9.17, 15) is 0 Å². The van der Waals surface area contributed by atoms with E-state index in [0.29, 0.717) is 19.1 Å². The first-order valence-corrected chi connectivity index (χ1v) is 7.33. The third kappa shape index (κ3) is 6.57. The third-order valence-electron chi connectivity index (χ3n) is 3.20. The van der Waals surface area contributed by atoms with Gasteiger partial charge in [0.1, 0.15) is 0 Å². The van der Waals surface area contributed by atoms with E-state index in [2.05, 4.69) is 27.5 Å². The van der Waals surface area contributed by atoms with Gasteiger partial charge in [0.25, 0.3) is 0 Å². The number of benzene rings is 1. The van der Waals surface area contributed by atoms with Crippen LogP contribution in [-0.4, -0.2) is 42.0 Å². The standard InChI is InChI=1S/C16H23N5O.HI/c1-13(12-22-2)20-16(17)18-10-8-14-4-6-15(7-5-14)21-11-3-9-19-21;/h3-7,9,11,13H,8,10,12H2,1-2H3,(H3,17,18,20);1H. The molecule has 7 heteroatoms. The predicted molar refractivity (Wildman–Crippen MR) is 104 cm³/mol. The zero-order valence-corrected chi connectivity index (χ0v) is 15.8. The number of nitrogens with two attached hydrogens (primary N) is 1. The van der Waals surface area contributed by atoms with Crippen LogP contribution in [0.3, 0.4) is 0 Å². The largest absolute Gasteiger partial charge is 0.383 e. The van der Waals surface area contributed by atoms with E-state index < -0.39 is 0 Å². The lowest BCUT2D eigenvalue weighted by Crippen LogP contribution is -2.40. The molecular formula is C16H24IN5O. The lowest BCUT2D eigenvalue weighted by Gasteiger charge is -2.13. The molecule has 1 atom stereocenters. The zero-order chi connectivity index (χ0) is 15.8. The van der Waals surface area contributed by atoms with Crippen LogP contribution in [0, 0.1) is 0 Å². The van der Waals surface area contributed by atoms with Gasteiger partial charge in [0.15, 0.2) is 5.96 Å². The van der Waals surface area contributed by atoms with Crippen molar-refractivity contribution in [2.24, 2.45) is 10.7 Å². The van der Waals surface area contributed by atoms with Crippen LogP contribution in [0.1, 0.15) is 12.5 Å². The van der Waals surface area contributed by atoms with Crippen molar-refractivity contribution in [1.82, 2.24) is 15.1 Å². The van der Waals surface area contributed by atoms with Crippen LogP contribution < -0.4 is 11.1 Å². The molecule has 2 aromatic rings. The van der Waals surface area contributed by atoms with Crippen molar-refractivity contribution in [3.63, 3.8) is 0 Å². The summed E-state index contributed by atoms with van der Waals surface area (Å²) in [5.41, 5.74) is 8.10. The Labute approximate surface area is 154 Å². The van der Waals surface area contributed by atoms with E-state index in [-0.39, 0.29) is 30.0 Å². The molecule has 23 heavy (non-hydrogen) atoms. The number of hydrogen-bond donors (Lipinski definition) is 2. The number of nitrogens with one attached hydrogen (secondary N) is 1. The molecule has 0 aliphatic heterocycles. The third-order valence-corrected chi connectivity index (χ3v) is 3.20. The molecule has 1 heterocycles. The Bertz CT molecular complexity index is 583. The minimum atomic E-state index is 0. The van der Waals surface area contributed by atoms with Crippen LogP contribution >= 0.6 is 24.0 Å². The highest BCUT2D eigenvalue weighted by Crippen LogP contribution is 2.09. The Morgan fingerprint density at radius 3 is 2.74 bits per heavy atom. The van der Waals surface area contributed by atoms with E-state index >= 15 is 0 Å². The quantitative estimate of drug-likeness (QED) is 0.401. The number of hydrogen-bond acceptors (Lipinski definition) is 3. The van der Waals surface area contributed by atoms with Gasteiger partial charge < -0.3 is 15.8 Å². The van der Waals surface area contributed by atoms with Gasteiger partial charge in [-0.25, -0.2) is 4.68 Å². The monoisotopic (exact) mass is 429 g/mol. The van der Waals surface area contributed by atoms with Gasteiger partial charge in [-0.05, 0) is 37.1 Å². The summed E-state index contributed by atoms with van der Waals surface area (Å²) in [4.78, 5) is 4.32. The number of rotatable bonds is 7. The normalized spacial score (nSPS) is 12.5. The first-order valence-electron chi connectivity index (χ1n) is 7.33. The summed E-state index contributed by atoms with van der Waals surface area (Å²) in [6.45, 7) is 3.25. The summed E-state index contributed by atoms with van der Waals surface area (Å²) < 4.78 is 6.87. The molecule has 0 aliphatic carbocycles. The van der Waals surface area contributed by atoms with Crippen LogP contribution in [0.15, 0.2) is 47.7 Å². The molecule has 0 aliphatic rings. The zero-order valence-electron chi connectivity index (χ0n) is 13.5. The maximum Gasteiger partial charge on any atom is 0.188 e. The second kappa shape index (κ2) is 10.2. The van der Waals surface area contributed by atoms with E-state index in [1.54, 1.807) is 13.3 Å². The van der Waals surface area contributed by atoms with Crippen molar-refractivity contribution in [2.75, 3.05) is 20.3 Å². The molecule has 0 fully saturated rings. The molecule has 2 rings (SSSR count). The predicted octanol–water partition coefficient (Wildman–Crippen LogP) is 1.97. The fraction of sp³-hybridized carbons (Fsp3) is 0.375. The molecule has 3 N–H and O–H groups in total. The molecule has 0 spiro atoms. The first-order chi connectivity index (χ1) is 10.7. The minimum absolute atomic E-state index is 0. The Morgan fingerprint density at radius 1 is 1.39 bits per heavy atom. The summed E-state index contributed by atoms with van der Waals surface area (Å²) in [7, 11) is 1.67. The van der Waals surface area contributed by atoms with Gasteiger partial charge in [-0.15, -0.1) is 24.0 Å². The molecule has 1 unspecified atom stereocenters. The van der Waals surface area contributed by atoms with Gasteiger partial charge in [-0.2, -0.15) is 5.10 Å². The Balaban J connectivity index is 0.00000264. The highest BCUT2D eigenvalue weighted by Gasteiger charge is 2.01. The van der Waals surface area contributed by atoms with Crippen LogP contribution in [0.4, 0.5) is 0 Å². The Kier molecular flexibility index (Phi) is 8.64. The molecule has 1 aromatic heterocycles. The highest BCUT2D eigenvalue weighted by molar-refractivity contribution is 14.0. The Hall–Kier alpha value is -1.61. The summed E-state index contributed by atoms with van der Waals surface area (Å²) in [5, 5.41) is 7.29. The van der Waals surface area contributed by atoms with E-state index in [1.165, 1.54) is 5.56 Å². The van der Waals surface area contributed by atoms with Gasteiger partial charge in [0, 0.05) is 32.1 Å². The van der Waals surface area contributed by atoms with Gasteiger partial charge in [-0.1, -0.05) is 12.1 Å². The Morgan fingerprint density at radius 2 is 2.13 bits per heavy atom. The molecule has 0 saturated carbocycles. The number of guanidine groups is 1. The summed E-state index contributed by atoms with van der Waals surface area (Å²) >= 11 is 0. The number of halogens is 1. The second-order valence-electron chi connectivity index (χ2n) is 5.13. The van der Waals surface area contributed by atoms with Crippen molar-refractivity contribution < 1.29 is 4.74 Å². The van der Waals surface area contributed by atoms with Crippen LogP contribution in [0.2, 0.25) is 0 Å². The average Bonchev–Trinajstić information content (AvgIpc) is 3.02. The van der Waals surface area contributed by atoms with E-state index in [4.69, 9.17) is 10.5 Å². The van der Waals surface area contributed by atoms with Gasteiger partial charge in [-0.3, -0.25) is 4.99 Å². The smallest absolute Gasteiger partial charge is 0.188 e. The summed E-state index contributed by atoms with van der Waals surface area (Å²) in [6.07, 6.45) is 4.54. The SMILES string of the molecule is COCC(C)NC(N)=NCCc1ccc(-n2cccn2)cc1.I. The van der Waals surface area contributed by atoms with Crippen molar-refractivity contribution in [3.05, 3.63) is 48.3 Å². The van der Waals surface area contributed by atoms with Gasteiger partial charge in [0.2, 0.25) is 0 Å². The van der Waals surface area contributed by atoms with Crippen molar-refractivity contribution in [1.29, 1.82) is 0 Å². The number of methoxy groups -OCH3 is 1. The van der Waals surface area contributed by atoms with E-state index in [0.717, 1.165) is 12.1 Å². The first kappa shape index (κ1) is 19.4. The maximum atomic E-state index is 5.83. The maximum absolute atomic E-state index is 5.83. The molecule has 126 valence electrons. The van der Waals surface area contributed by atoms with Crippen molar-refractivity contribution in [3.8, 4) is 5.69 Å². The van der Waals surface area contributed by atoms with Crippen molar-refractivity contribution >= 4 is 29.9 Å². The molecule has 0 radical (unpaired) electrons. The van der Waals surface area contributed by atoms with Crippen molar-refractivity contribution in [2.45, 2.75) is 19.4 Å². The van der Waals surface area contributed by atoms with Crippen LogP contribution in [0.25, 0.3) is 5.69 Å². The topological polar surface area (TPSA) is 77.5 Å². The molecule has 0 bridgehead atoms. The lowest BCUT2D eigenvalue weighted by atomic mass is 10.1. The molecular weight excluding hydrogens is 405 g/mol. The molecule has 0 amide bonds. The average molecular weight is 429 g/mol. The number of nitrogens with zero attached hydrogens (tertiary/aromatic N) is 3.